The number of piperidine rings is 1. The first-order valence-corrected chi connectivity index (χ1v) is 12.8. The molecular weight excluding hydrogens is 460 g/mol. The van der Waals surface area contributed by atoms with Gasteiger partial charge in [0.05, 0.1) is 11.4 Å². The summed E-state index contributed by atoms with van der Waals surface area (Å²) in [6.07, 6.45) is 2.45. The molecule has 1 aliphatic heterocycles. The molecule has 6 nitrogen and oxygen atoms in total. The quantitative estimate of drug-likeness (QED) is 0.275. The van der Waals surface area contributed by atoms with E-state index < -0.39 is 0 Å². The minimum Gasteiger partial charge on any atom is -0.490 e. The molecule has 4 aromatic rings. The fraction of sp³-hybridized carbons (Fsp3) is 0.290. The summed E-state index contributed by atoms with van der Waals surface area (Å²) in [5.41, 5.74) is 8.27. The number of likely N-dealkylation sites (tertiary alicyclic amines) is 1. The Labute approximate surface area is 219 Å². The molecule has 6 heteroatoms. The van der Waals surface area contributed by atoms with Crippen molar-refractivity contribution in [3.8, 4) is 16.9 Å². The average molecular weight is 499 g/mol. The van der Waals surface area contributed by atoms with E-state index >= 15 is 0 Å². The van der Waals surface area contributed by atoms with Gasteiger partial charge in [0.2, 0.25) is 0 Å². The van der Waals surface area contributed by atoms with E-state index in [9.17, 15) is 4.79 Å². The molecule has 5 rings (SSSR count). The Morgan fingerprint density at radius 2 is 1.46 bits per heavy atom. The first kappa shape index (κ1) is 27.7. The molecule has 0 radical (unpaired) electrons. The van der Waals surface area contributed by atoms with Crippen LogP contribution in [0.5, 0.6) is 5.75 Å². The largest absolute Gasteiger partial charge is 0.490 e. The number of rotatable bonds is 4. The molecule has 37 heavy (non-hydrogen) atoms. The second-order valence-electron chi connectivity index (χ2n) is 9.17. The van der Waals surface area contributed by atoms with Crippen LogP contribution < -0.4 is 16.0 Å². The minimum absolute atomic E-state index is 0.0500. The fourth-order valence-electron chi connectivity index (χ4n) is 4.24. The molecule has 0 saturated carbocycles. The molecule has 0 spiro atoms. The number of ether oxygens (including phenoxy) is 1. The van der Waals surface area contributed by atoms with E-state index in [1.807, 2.05) is 43.3 Å². The summed E-state index contributed by atoms with van der Waals surface area (Å²) in [4.78, 5) is 14.2. The highest BCUT2D eigenvalue weighted by atomic mass is 16.5. The third-order valence-corrected chi connectivity index (χ3v) is 6.13. The fourth-order valence-corrected chi connectivity index (χ4v) is 4.24. The Morgan fingerprint density at radius 3 is 1.97 bits per heavy atom. The molecule has 0 unspecified atom stereocenters. The van der Waals surface area contributed by atoms with Gasteiger partial charge in [0.1, 0.15) is 11.9 Å². The van der Waals surface area contributed by atoms with Gasteiger partial charge in [-0.2, -0.15) is 0 Å². The maximum absolute atomic E-state index is 11.8. The van der Waals surface area contributed by atoms with Crippen LogP contribution in [0, 0.1) is 5.41 Å². The molecule has 3 aromatic carbocycles. The molecule has 0 atom stereocenters. The third kappa shape index (κ3) is 8.62. The number of benzene rings is 3. The van der Waals surface area contributed by atoms with Crippen LogP contribution >= 0.6 is 0 Å². The molecular formula is C31H38N4O2. The zero-order chi connectivity index (χ0) is 26.6. The third-order valence-electron chi connectivity index (χ3n) is 6.13. The van der Waals surface area contributed by atoms with Crippen LogP contribution in [0.25, 0.3) is 22.0 Å². The van der Waals surface area contributed by atoms with Gasteiger partial charge in [-0.05, 0) is 69.1 Å². The van der Waals surface area contributed by atoms with E-state index in [0.29, 0.717) is 12.6 Å². The highest BCUT2D eigenvalue weighted by Crippen LogP contribution is 2.23. The monoisotopic (exact) mass is 498 g/mol. The second kappa shape index (κ2) is 14.0. The summed E-state index contributed by atoms with van der Waals surface area (Å²) in [5, 5.41) is 7.34. The van der Waals surface area contributed by atoms with Gasteiger partial charge in [-0.15, -0.1) is 0 Å². The smallest absolute Gasteiger partial charge is 0.250 e. The van der Waals surface area contributed by atoms with Gasteiger partial charge in [-0.3, -0.25) is 10.2 Å². The molecule has 0 bridgehead atoms. The van der Waals surface area contributed by atoms with E-state index in [-0.39, 0.29) is 11.4 Å². The summed E-state index contributed by atoms with van der Waals surface area (Å²) in [6, 6.07) is 30.3. The number of nitrogens with zero attached hydrogens (tertiary/aromatic N) is 2. The number of nitrogens with one attached hydrogen (secondary N) is 1. The number of aromatic nitrogens is 1. The van der Waals surface area contributed by atoms with E-state index in [1.165, 1.54) is 18.1 Å². The maximum Gasteiger partial charge on any atom is 0.250 e. The van der Waals surface area contributed by atoms with Crippen molar-refractivity contribution < 1.29 is 4.74 Å². The summed E-state index contributed by atoms with van der Waals surface area (Å²) in [7, 11) is 2.15. The van der Waals surface area contributed by atoms with E-state index in [1.54, 1.807) is 10.6 Å². The van der Waals surface area contributed by atoms with Crippen molar-refractivity contribution in [3.63, 3.8) is 0 Å². The minimum atomic E-state index is 0.0500. The topological polar surface area (TPSA) is 84.3 Å². The molecule has 2 heterocycles. The summed E-state index contributed by atoms with van der Waals surface area (Å²) >= 11 is 0. The number of hydrogen-bond acceptors (Lipinski definition) is 4. The van der Waals surface area contributed by atoms with Crippen LogP contribution in [0.3, 0.4) is 0 Å². The second-order valence-corrected chi connectivity index (χ2v) is 9.17. The highest BCUT2D eigenvalue weighted by molar-refractivity contribution is 5.80. The van der Waals surface area contributed by atoms with Crippen LogP contribution in [0.15, 0.2) is 95.8 Å². The maximum atomic E-state index is 11.8. The molecule has 3 N–H and O–H groups in total. The van der Waals surface area contributed by atoms with Crippen molar-refractivity contribution in [2.24, 2.45) is 5.73 Å². The molecule has 1 aliphatic rings. The lowest BCUT2D eigenvalue weighted by atomic mass is 10.1. The predicted octanol–water partition coefficient (Wildman–Crippen LogP) is 5.79. The lowest BCUT2D eigenvalue weighted by molar-refractivity contribution is 0.114. The Morgan fingerprint density at radius 1 is 0.919 bits per heavy atom. The lowest BCUT2D eigenvalue weighted by Gasteiger charge is -2.29. The SMILES string of the molecule is CC(=N)N.CCn1c(=O)ccc2cc(OC3CCN(C)CC3)ccc21.c1ccc(-c2ccccc2)cc1. The van der Waals surface area contributed by atoms with Crippen molar-refractivity contribution >= 4 is 16.7 Å². The molecule has 0 aliphatic carbocycles. The Hall–Kier alpha value is -3.90. The number of amidine groups is 1. The van der Waals surface area contributed by atoms with Gasteiger partial charge in [-0.1, -0.05) is 60.7 Å². The molecule has 0 amide bonds. The zero-order valence-corrected chi connectivity index (χ0v) is 22.1. The number of nitrogens with two attached hydrogens (primary N) is 1. The van der Waals surface area contributed by atoms with Crippen LogP contribution in [0.4, 0.5) is 0 Å². The Bertz CT molecular complexity index is 1270. The standard InChI is InChI=1S/C17H22N2O2.C12H10.C2H6N2/c1-3-19-16-6-5-15(12-13(16)4-7-17(19)20)21-14-8-10-18(2)11-9-14;1-3-7-11(8-4-1)12-9-5-2-6-10-12;1-2(3)4/h4-7,12,14H,3,8-11H2,1-2H3;1-10H;1H3,(H3,3,4). The van der Waals surface area contributed by atoms with Gasteiger partial charge >= 0.3 is 0 Å². The van der Waals surface area contributed by atoms with Gasteiger partial charge in [-0.25, -0.2) is 0 Å². The summed E-state index contributed by atoms with van der Waals surface area (Å²) < 4.78 is 7.89. The predicted molar refractivity (Wildman–Crippen MR) is 154 cm³/mol. The van der Waals surface area contributed by atoms with Gasteiger partial charge in [0.25, 0.3) is 5.56 Å². The Kier molecular flexibility index (Phi) is 10.5. The van der Waals surface area contributed by atoms with Crippen molar-refractivity contribution in [2.45, 2.75) is 39.3 Å². The lowest BCUT2D eigenvalue weighted by Crippen LogP contribution is -2.35. The van der Waals surface area contributed by atoms with Crippen molar-refractivity contribution in [1.29, 1.82) is 5.41 Å². The van der Waals surface area contributed by atoms with Crippen molar-refractivity contribution in [2.75, 3.05) is 20.1 Å². The molecule has 194 valence electrons. The Balaban J connectivity index is 0.000000200. The average Bonchev–Trinajstić information content (AvgIpc) is 2.91. The van der Waals surface area contributed by atoms with Crippen LogP contribution in [-0.4, -0.2) is 41.5 Å². The van der Waals surface area contributed by atoms with Gasteiger partial charge < -0.3 is 19.9 Å². The van der Waals surface area contributed by atoms with Crippen molar-refractivity contribution in [3.05, 3.63) is 101 Å². The number of aryl methyl sites for hydroxylation is 1. The van der Waals surface area contributed by atoms with Crippen LogP contribution in [0.2, 0.25) is 0 Å². The van der Waals surface area contributed by atoms with Crippen LogP contribution in [0.1, 0.15) is 26.7 Å². The summed E-state index contributed by atoms with van der Waals surface area (Å²) in [6.45, 7) is 6.39. The van der Waals surface area contributed by atoms with Crippen molar-refractivity contribution in [1.82, 2.24) is 9.47 Å². The first-order valence-electron chi connectivity index (χ1n) is 12.8. The molecule has 1 aromatic heterocycles. The highest BCUT2D eigenvalue weighted by Gasteiger charge is 2.18. The van der Waals surface area contributed by atoms with E-state index in [0.717, 1.165) is 42.6 Å². The first-order chi connectivity index (χ1) is 17.9. The molecule has 1 fully saturated rings. The van der Waals surface area contributed by atoms with Crippen LogP contribution in [-0.2, 0) is 6.54 Å². The number of fused-ring (bicyclic) bond motifs is 1. The normalized spacial score (nSPS) is 13.6. The van der Waals surface area contributed by atoms with Gasteiger partial charge in [0, 0.05) is 31.1 Å². The number of hydrogen-bond donors (Lipinski definition) is 2. The number of pyridine rings is 1. The van der Waals surface area contributed by atoms with Gasteiger partial charge in [0.15, 0.2) is 0 Å². The van der Waals surface area contributed by atoms with E-state index in [4.69, 9.17) is 15.9 Å². The van der Waals surface area contributed by atoms with E-state index in [2.05, 4.69) is 60.5 Å². The zero-order valence-electron chi connectivity index (χ0n) is 22.1. The molecule has 1 saturated heterocycles. The summed E-state index contributed by atoms with van der Waals surface area (Å²) in [5.74, 6) is 1.07.